The third-order valence-corrected chi connectivity index (χ3v) is 7.06. The molecule has 0 atom stereocenters. The van der Waals surface area contributed by atoms with Gasteiger partial charge in [-0.25, -0.2) is 31.5 Å². The van der Waals surface area contributed by atoms with Gasteiger partial charge in [0.1, 0.15) is 6.54 Å². The number of nitrogens with one attached hydrogen (secondary N) is 2. The molecule has 0 aliphatic heterocycles. The Labute approximate surface area is 193 Å². The lowest BCUT2D eigenvalue weighted by Gasteiger charge is -2.22. The van der Waals surface area contributed by atoms with Crippen LogP contribution in [-0.4, -0.2) is 45.5 Å². The highest BCUT2D eigenvalue weighted by molar-refractivity contribution is 9.10. The molecule has 2 aromatic carbocycles. The standard InChI is InChI=1S/C19H18BrN5O5S2/c1-31(27,28)25(16-7-3-14(20)4-8-16)13-18(26)23-15-5-9-17(10-6-15)32(29,30)24-19-21-11-2-12-22-19/h2-12H,13H2,1H3,(H,23,26)(H,21,22,24). The molecule has 0 bridgehead atoms. The highest BCUT2D eigenvalue weighted by atomic mass is 79.9. The summed E-state index contributed by atoms with van der Waals surface area (Å²) in [5.74, 6) is -0.663. The zero-order valence-corrected chi connectivity index (χ0v) is 19.9. The normalized spacial score (nSPS) is 11.6. The summed E-state index contributed by atoms with van der Waals surface area (Å²) in [5.41, 5.74) is 0.635. The van der Waals surface area contributed by atoms with E-state index in [-0.39, 0.29) is 10.8 Å². The molecule has 1 aromatic heterocycles. The largest absolute Gasteiger partial charge is 0.325 e. The first kappa shape index (κ1) is 23.6. The molecule has 1 heterocycles. The monoisotopic (exact) mass is 539 g/mol. The van der Waals surface area contributed by atoms with Crippen molar-refractivity contribution in [3.05, 3.63) is 71.5 Å². The van der Waals surface area contributed by atoms with Gasteiger partial charge in [-0.2, -0.15) is 0 Å². The summed E-state index contributed by atoms with van der Waals surface area (Å²) >= 11 is 3.28. The predicted octanol–water partition coefficient (Wildman–Crippen LogP) is 2.44. The number of halogens is 1. The highest BCUT2D eigenvalue weighted by Gasteiger charge is 2.21. The second kappa shape index (κ2) is 9.63. The molecule has 0 spiro atoms. The van der Waals surface area contributed by atoms with Crippen LogP contribution in [0, 0.1) is 0 Å². The number of hydrogen-bond acceptors (Lipinski definition) is 7. The zero-order chi connectivity index (χ0) is 23.4. The minimum atomic E-state index is -3.92. The van der Waals surface area contributed by atoms with E-state index in [1.807, 2.05) is 0 Å². The maximum absolute atomic E-state index is 12.5. The molecule has 0 aliphatic carbocycles. The van der Waals surface area contributed by atoms with Gasteiger partial charge >= 0.3 is 0 Å². The SMILES string of the molecule is CS(=O)(=O)N(CC(=O)Nc1ccc(S(=O)(=O)Nc2ncccn2)cc1)c1ccc(Br)cc1. The molecule has 0 unspecified atom stereocenters. The number of rotatable bonds is 8. The van der Waals surface area contributed by atoms with Crippen molar-refractivity contribution in [3.8, 4) is 0 Å². The Kier molecular flexibility index (Phi) is 7.11. The molecule has 3 aromatic rings. The highest BCUT2D eigenvalue weighted by Crippen LogP contribution is 2.21. The molecule has 2 N–H and O–H groups in total. The Morgan fingerprint density at radius 1 is 0.969 bits per heavy atom. The van der Waals surface area contributed by atoms with Crippen molar-refractivity contribution < 1.29 is 21.6 Å². The first-order chi connectivity index (χ1) is 15.0. The van der Waals surface area contributed by atoms with Gasteiger partial charge in [0.05, 0.1) is 16.8 Å². The van der Waals surface area contributed by atoms with Crippen LogP contribution >= 0.6 is 15.9 Å². The lowest BCUT2D eigenvalue weighted by Crippen LogP contribution is -2.37. The van der Waals surface area contributed by atoms with Crippen LogP contribution in [0.15, 0.2) is 76.4 Å². The number of anilines is 3. The molecule has 10 nitrogen and oxygen atoms in total. The molecule has 0 fully saturated rings. The Bertz CT molecular complexity index is 1300. The maximum atomic E-state index is 12.5. The van der Waals surface area contributed by atoms with Gasteiger partial charge in [-0.05, 0) is 54.6 Å². The minimum Gasteiger partial charge on any atom is -0.325 e. The summed E-state index contributed by atoms with van der Waals surface area (Å²) in [4.78, 5) is 20.0. The van der Waals surface area contributed by atoms with Crippen LogP contribution < -0.4 is 14.3 Å². The second-order valence-corrected chi connectivity index (χ2v) is 11.0. The van der Waals surface area contributed by atoms with Crippen LogP contribution in [-0.2, 0) is 24.8 Å². The van der Waals surface area contributed by atoms with Crippen molar-refractivity contribution in [2.45, 2.75) is 4.90 Å². The Morgan fingerprint density at radius 2 is 1.56 bits per heavy atom. The number of carbonyl (C=O) groups is 1. The van der Waals surface area contributed by atoms with Crippen LogP contribution in [0.1, 0.15) is 0 Å². The van der Waals surface area contributed by atoms with E-state index in [1.54, 1.807) is 30.3 Å². The van der Waals surface area contributed by atoms with Gasteiger partial charge in [-0.3, -0.25) is 9.10 Å². The van der Waals surface area contributed by atoms with Crippen molar-refractivity contribution >= 4 is 59.2 Å². The van der Waals surface area contributed by atoms with Crippen LogP contribution in [0.2, 0.25) is 0 Å². The number of nitrogens with zero attached hydrogens (tertiary/aromatic N) is 3. The fourth-order valence-corrected chi connectivity index (χ4v) is 4.67. The molecule has 32 heavy (non-hydrogen) atoms. The molecule has 1 amide bonds. The van der Waals surface area contributed by atoms with Gasteiger partial charge in [-0.1, -0.05) is 15.9 Å². The van der Waals surface area contributed by atoms with Crippen molar-refractivity contribution in [2.75, 3.05) is 27.1 Å². The van der Waals surface area contributed by atoms with E-state index in [9.17, 15) is 21.6 Å². The number of sulfonamides is 2. The number of benzene rings is 2. The van der Waals surface area contributed by atoms with E-state index in [4.69, 9.17) is 0 Å². The first-order valence-electron chi connectivity index (χ1n) is 8.98. The molecular formula is C19H18BrN5O5S2. The summed E-state index contributed by atoms with van der Waals surface area (Å²) in [6.45, 7) is -0.451. The summed E-state index contributed by atoms with van der Waals surface area (Å²) in [6.07, 6.45) is 3.81. The number of carbonyl (C=O) groups excluding carboxylic acids is 1. The van der Waals surface area contributed by atoms with E-state index >= 15 is 0 Å². The minimum absolute atomic E-state index is 0.0597. The fourth-order valence-electron chi connectivity index (χ4n) is 2.59. The molecule has 168 valence electrons. The van der Waals surface area contributed by atoms with Crippen molar-refractivity contribution in [1.82, 2.24) is 9.97 Å². The molecular weight excluding hydrogens is 522 g/mol. The van der Waals surface area contributed by atoms with Crippen LogP contribution in [0.4, 0.5) is 17.3 Å². The summed E-state index contributed by atoms with van der Waals surface area (Å²) in [5, 5.41) is 2.56. The van der Waals surface area contributed by atoms with E-state index in [1.165, 1.54) is 36.7 Å². The zero-order valence-electron chi connectivity index (χ0n) is 16.6. The quantitative estimate of drug-likeness (QED) is 0.448. The molecule has 0 saturated heterocycles. The van der Waals surface area contributed by atoms with E-state index in [0.717, 1.165) is 15.0 Å². The average Bonchev–Trinajstić information content (AvgIpc) is 2.73. The lowest BCUT2D eigenvalue weighted by molar-refractivity contribution is -0.114. The van der Waals surface area contributed by atoms with Gasteiger partial charge in [0.25, 0.3) is 10.0 Å². The molecule has 0 aliphatic rings. The predicted molar refractivity (Wildman–Crippen MR) is 124 cm³/mol. The topological polar surface area (TPSA) is 138 Å². The van der Waals surface area contributed by atoms with Gasteiger partial charge in [-0.15, -0.1) is 0 Å². The van der Waals surface area contributed by atoms with Gasteiger partial charge in [0.2, 0.25) is 21.9 Å². The maximum Gasteiger partial charge on any atom is 0.264 e. The Hall–Kier alpha value is -3.03. The third-order valence-electron chi connectivity index (χ3n) is 4.04. The van der Waals surface area contributed by atoms with Gasteiger partial charge < -0.3 is 5.32 Å². The van der Waals surface area contributed by atoms with Crippen LogP contribution in [0.25, 0.3) is 0 Å². The fraction of sp³-hybridized carbons (Fsp3) is 0.105. The molecule has 0 radical (unpaired) electrons. The van der Waals surface area contributed by atoms with Gasteiger partial charge in [0.15, 0.2) is 0 Å². The van der Waals surface area contributed by atoms with Crippen molar-refractivity contribution in [2.24, 2.45) is 0 Å². The van der Waals surface area contributed by atoms with E-state index in [2.05, 4.69) is 35.9 Å². The van der Waals surface area contributed by atoms with Gasteiger partial charge in [0, 0.05) is 22.6 Å². The first-order valence-corrected chi connectivity index (χ1v) is 13.1. The Balaban J connectivity index is 1.70. The number of aromatic nitrogens is 2. The molecule has 3 rings (SSSR count). The van der Waals surface area contributed by atoms with Crippen LogP contribution in [0.5, 0.6) is 0 Å². The lowest BCUT2D eigenvalue weighted by atomic mass is 10.3. The van der Waals surface area contributed by atoms with Crippen LogP contribution in [0.3, 0.4) is 0 Å². The smallest absolute Gasteiger partial charge is 0.264 e. The molecule has 0 saturated carbocycles. The second-order valence-electron chi connectivity index (χ2n) is 6.50. The van der Waals surface area contributed by atoms with E-state index < -0.39 is 32.5 Å². The summed E-state index contributed by atoms with van der Waals surface area (Å²) < 4.78 is 53.1. The van der Waals surface area contributed by atoms with Crippen molar-refractivity contribution in [3.63, 3.8) is 0 Å². The number of amides is 1. The average molecular weight is 540 g/mol. The number of hydrogen-bond donors (Lipinski definition) is 2. The Morgan fingerprint density at radius 3 is 2.12 bits per heavy atom. The third kappa shape index (κ3) is 6.24. The van der Waals surface area contributed by atoms with E-state index in [0.29, 0.717) is 11.4 Å². The summed E-state index contributed by atoms with van der Waals surface area (Å²) in [7, 11) is -7.63. The summed E-state index contributed by atoms with van der Waals surface area (Å²) in [6, 6.07) is 13.4. The van der Waals surface area contributed by atoms with Crippen molar-refractivity contribution in [1.29, 1.82) is 0 Å². The molecule has 13 heteroatoms.